The molecule has 3 heteroatoms. The van der Waals surface area contributed by atoms with E-state index < -0.39 is 0 Å². The maximum atomic E-state index is 12.7. The van der Waals surface area contributed by atoms with Gasteiger partial charge in [0.2, 0.25) is 0 Å². The van der Waals surface area contributed by atoms with Gasteiger partial charge in [-0.3, -0.25) is 4.79 Å². The van der Waals surface area contributed by atoms with Crippen LogP contribution in [0, 0.1) is 18.3 Å². The lowest BCUT2D eigenvalue weighted by atomic mass is 9.99. The number of rotatable bonds is 3. The molecule has 0 saturated carbocycles. The first-order chi connectivity index (χ1) is 15.1. The van der Waals surface area contributed by atoms with Crippen molar-refractivity contribution in [1.29, 1.82) is 5.26 Å². The van der Waals surface area contributed by atoms with Crippen molar-refractivity contribution in [1.82, 2.24) is 4.57 Å². The van der Waals surface area contributed by atoms with Crippen LogP contribution >= 0.6 is 0 Å². The zero-order valence-corrected chi connectivity index (χ0v) is 17.2. The Bertz CT molecular complexity index is 1550. The first kappa shape index (κ1) is 18.8. The van der Waals surface area contributed by atoms with Crippen LogP contribution in [-0.2, 0) is 6.54 Å². The Kier molecular flexibility index (Phi) is 4.61. The van der Waals surface area contributed by atoms with E-state index in [0.29, 0.717) is 12.1 Å². The third kappa shape index (κ3) is 3.49. The lowest BCUT2D eigenvalue weighted by Gasteiger charge is -2.13. The smallest absolute Gasteiger partial charge is 0.251 e. The quantitative estimate of drug-likeness (QED) is 0.370. The summed E-state index contributed by atoms with van der Waals surface area (Å²) in [6, 6.07) is 32.1. The van der Waals surface area contributed by atoms with Crippen LogP contribution < -0.4 is 5.56 Å². The number of nitriles is 1. The van der Waals surface area contributed by atoms with Gasteiger partial charge in [-0.15, -0.1) is 0 Å². The van der Waals surface area contributed by atoms with E-state index in [1.165, 1.54) is 11.1 Å². The normalized spacial score (nSPS) is 11.0. The average molecular weight is 400 g/mol. The minimum absolute atomic E-state index is 0.0259. The average Bonchev–Trinajstić information content (AvgIpc) is 2.80. The summed E-state index contributed by atoms with van der Waals surface area (Å²) in [6.07, 6.45) is 0. The molecule has 31 heavy (non-hydrogen) atoms. The van der Waals surface area contributed by atoms with Crippen LogP contribution in [0.4, 0.5) is 0 Å². The van der Waals surface area contributed by atoms with Crippen molar-refractivity contribution < 1.29 is 0 Å². The Balaban J connectivity index is 1.59. The fraction of sp³-hybridized carbons (Fsp3) is 0.0714. The molecule has 0 fully saturated rings. The molecule has 0 saturated heterocycles. The van der Waals surface area contributed by atoms with Gasteiger partial charge in [-0.25, -0.2) is 0 Å². The van der Waals surface area contributed by atoms with Gasteiger partial charge in [0, 0.05) is 6.07 Å². The van der Waals surface area contributed by atoms with E-state index in [1.807, 2.05) is 59.2 Å². The molecule has 1 aromatic heterocycles. The number of pyridine rings is 1. The van der Waals surface area contributed by atoms with Crippen molar-refractivity contribution in [3.63, 3.8) is 0 Å². The van der Waals surface area contributed by atoms with Crippen molar-refractivity contribution in [3.8, 4) is 17.2 Å². The summed E-state index contributed by atoms with van der Waals surface area (Å²) >= 11 is 0. The van der Waals surface area contributed by atoms with Crippen LogP contribution in [0.3, 0.4) is 0 Å². The molecule has 4 aromatic carbocycles. The van der Waals surface area contributed by atoms with Gasteiger partial charge >= 0.3 is 0 Å². The molecule has 148 valence electrons. The van der Waals surface area contributed by atoms with E-state index in [9.17, 15) is 10.1 Å². The van der Waals surface area contributed by atoms with Gasteiger partial charge in [0.25, 0.3) is 5.56 Å². The monoisotopic (exact) mass is 400 g/mol. The molecule has 5 rings (SSSR count). The molecular weight excluding hydrogens is 380 g/mol. The number of fused-ring (bicyclic) bond motifs is 2. The lowest BCUT2D eigenvalue weighted by molar-refractivity contribution is 0.796. The molecule has 0 radical (unpaired) electrons. The van der Waals surface area contributed by atoms with Crippen molar-refractivity contribution in [2.24, 2.45) is 0 Å². The minimum atomic E-state index is -0.0259. The van der Waals surface area contributed by atoms with Crippen LogP contribution in [0.15, 0.2) is 95.8 Å². The first-order valence-corrected chi connectivity index (χ1v) is 10.2. The van der Waals surface area contributed by atoms with Gasteiger partial charge in [0.1, 0.15) is 0 Å². The Hall–Kier alpha value is -4.16. The Morgan fingerprint density at radius 1 is 0.806 bits per heavy atom. The van der Waals surface area contributed by atoms with Crippen molar-refractivity contribution in [2.75, 3.05) is 0 Å². The highest BCUT2D eigenvalue weighted by molar-refractivity contribution is 5.86. The number of nitrogens with zero attached hydrogens (tertiary/aromatic N) is 2. The maximum absolute atomic E-state index is 12.7. The molecule has 0 unspecified atom stereocenters. The topological polar surface area (TPSA) is 45.8 Å². The van der Waals surface area contributed by atoms with Crippen LogP contribution in [0.2, 0.25) is 0 Å². The molecule has 0 atom stereocenters. The second-order valence-electron chi connectivity index (χ2n) is 7.85. The second kappa shape index (κ2) is 7.59. The zero-order valence-electron chi connectivity index (χ0n) is 17.2. The van der Waals surface area contributed by atoms with E-state index in [-0.39, 0.29) is 5.56 Å². The van der Waals surface area contributed by atoms with Crippen molar-refractivity contribution in [3.05, 3.63) is 118 Å². The predicted octanol–water partition coefficient (Wildman–Crippen LogP) is 6.05. The number of aromatic nitrogens is 1. The standard InChI is InChI=1S/C28H20N2O/c1-19-4-2-3-5-26(19)23-10-12-27-24(16-23)11-13-28(31)30(27)18-21-7-9-22-8-6-20(17-29)14-25(22)15-21/h2-16H,18H2,1H3. The zero-order chi connectivity index (χ0) is 21.4. The van der Waals surface area contributed by atoms with E-state index >= 15 is 0 Å². The highest BCUT2D eigenvalue weighted by Gasteiger charge is 2.08. The largest absolute Gasteiger partial charge is 0.304 e. The molecule has 0 spiro atoms. The first-order valence-electron chi connectivity index (χ1n) is 10.2. The fourth-order valence-electron chi connectivity index (χ4n) is 4.18. The lowest BCUT2D eigenvalue weighted by Crippen LogP contribution is -2.19. The molecule has 0 aliphatic carbocycles. The number of hydrogen-bond acceptors (Lipinski definition) is 2. The highest BCUT2D eigenvalue weighted by Crippen LogP contribution is 2.27. The summed E-state index contributed by atoms with van der Waals surface area (Å²) in [7, 11) is 0. The van der Waals surface area contributed by atoms with Gasteiger partial charge in [0.15, 0.2) is 0 Å². The molecule has 0 N–H and O–H groups in total. The van der Waals surface area contributed by atoms with Crippen molar-refractivity contribution >= 4 is 21.7 Å². The summed E-state index contributed by atoms with van der Waals surface area (Å²) in [5.41, 5.74) is 6.12. The number of aryl methyl sites for hydroxylation is 1. The molecule has 0 aliphatic heterocycles. The fourth-order valence-corrected chi connectivity index (χ4v) is 4.18. The Labute approximate surface area is 180 Å². The van der Waals surface area contributed by atoms with E-state index in [2.05, 4.69) is 43.3 Å². The molecule has 0 bridgehead atoms. The molecule has 0 amide bonds. The van der Waals surface area contributed by atoms with Crippen LogP contribution in [0.1, 0.15) is 16.7 Å². The van der Waals surface area contributed by atoms with Gasteiger partial charge in [-0.1, -0.05) is 48.5 Å². The number of benzene rings is 4. The molecule has 3 nitrogen and oxygen atoms in total. The second-order valence-corrected chi connectivity index (χ2v) is 7.85. The Morgan fingerprint density at radius 3 is 2.45 bits per heavy atom. The van der Waals surface area contributed by atoms with Gasteiger partial charge in [0.05, 0.1) is 23.7 Å². The van der Waals surface area contributed by atoms with Crippen LogP contribution in [-0.4, -0.2) is 4.57 Å². The third-order valence-electron chi connectivity index (χ3n) is 5.82. The summed E-state index contributed by atoms with van der Waals surface area (Å²) in [5.74, 6) is 0. The summed E-state index contributed by atoms with van der Waals surface area (Å²) in [4.78, 5) is 12.7. The highest BCUT2D eigenvalue weighted by atomic mass is 16.1. The van der Waals surface area contributed by atoms with Gasteiger partial charge in [-0.05, 0) is 81.7 Å². The SMILES string of the molecule is Cc1ccccc1-c1ccc2c(ccc(=O)n2Cc2ccc3ccc(C#N)cc3c2)c1. The van der Waals surface area contributed by atoms with Crippen LogP contribution in [0.25, 0.3) is 32.8 Å². The van der Waals surface area contributed by atoms with Gasteiger partial charge < -0.3 is 4.57 Å². The van der Waals surface area contributed by atoms with Crippen LogP contribution in [0.5, 0.6) is 0 Å². The molecular formula is C28H20N2O. The molecule has 1 heterocycles. The summed E-state index contributed by atoms with van der Waals surface area (Å²) in [5, 5.41) is 12.3. The maximum Gasteiger partial charge on any atom is 0.251 e. The van der Waals surface area contributed by atoms with E-state index in [1.54, 1.807) is 6.07 Å². The molecule has 5 aromatic rings. The van der Waals surface area contributed by atoms with E-state index in [4.69, 9.17) is 0 Å². The minimum Gasteiger partial charge on any atom is -0.304 e. The summed E-state index contributed by atoms with van der Waals surface area (Å²) < 4.78 is 1.81. The number of hydrogen-bond donors (Lipinski definition) is 0. The van der Waals surface area contributed by atoms with Crippen molar-refractivity contribution in [2.45, 2.75) is 13.5 Å². The summed E-state index contributed by atoms with van der Waals surface area (Å²) in [6.45, 7) is 2.59. The van der Waals surface area contributed by atoms with E-state index in [0.717, 1.165) is 32.8 Å². The Morgan fingerprint density at radius 2 is 1.61 bits per heavy atom. The van der Waals surface area contributed by atoms with Gasteiger partial charge in [-0.2, -0.15) is 5.26 Å². The molecule has 0 aliphatic rings. The third-order valence-corrected chi connectivity index (χ3v) is 5.82. The predicted molar refractivity (Wildman–Crippen MR) is 126 cm³/mol.